The first-order valence-corrected chi connectivity index (χ1v) is 16.1. The highest BCUT2D eigenvalue weighted by Crippen LogP contribution is 2.35. The van der Waals surface area contributed by atoms with Crippen molar-refractivity contribution in [2.75, 3.05) is 18.0 Å². The maximum absolute atomic E-state index is 14.3. The summed E-state index contributed by atoms with van der Waals surface area (Å²) in [4.78, 5) is 29.1. The number of carbonyl (C=O) groups is 2. The number of hydrogen-bond donors (Lipinski definition) is 1. The van der Waals surface area contributed by atoms with Gasteiger partial charge in [0.25, 0.3) is 10.0 Å². The molecular weight excluding hydrogens is 633 g/mol. The van der Waals surface area contributed by atoms with E-state index in [-0.39, 0.29) is 45.3 Å². The minimum Gasteiger partial charge on any atom is -0.495 e. The van der Waals surface area contributed by atoms with Gasteiger partial charge in [-0.05, 0) is 82.1 Å². The van der Waals surface area contributed by atoms with Gasteiger partial charge in [0.1, 0.15) is 18.3 Å². The lowest BCUT2D eigenvalue weighted by molar-refractivity contribution is -0.141. The second-order valence-electron chi connectivity index (χ2n) is 11.1. The van der Waals surface area contributed by atoms with Crippen LogP contribution in [0.1, 0.15) is 45.2 Å². The molecule has 0 saturated heterocycles. The number of nitrogens with one attached hydrogen (secondary N) is 1. The van der Waals surface area contributed by atoms with Crippen molar-refractivity contribution < 1.29 is 22.7 Å². The Morgan fingerprint density at radius 3 is 2.16 bits per heavy atom. The molecule has 43 heavy (non-hydrogen) atoms. The van der Waals surface area contributed by atoms with E-state index < -0.39 is 34.1 Å². The van der Waals surface area contributed by atoms with Crippen molar-refractivity contribution in [3.63, 3.8) is 0 Å². The Morgan fingerprint density at radius 2 is 1.60 bits per heavy atom. The van der Waals surface area contributed by atoms with Gasteiger partial charge < -0.3 is 15.0 Å². The molecule has 232 valence electrons. The summed E-state index contributed by atoms with van der Waals surface area (Å²) in [5.74, 6) is -0.808. The third kappa shape index (κ3) is 8.79. The summed E-state index contributed by atoms with van der Waals surface area (Å²) < 4.78 is 34.7. The molecule has 0 radical (unpaired) electrons. The molecule has 0 aliphatic carbocycles. The summed E-state index contributed by atoms with van der Waals surface area (Å²) in [7, 11) is -2.91. The highest BCUT2D eigenvalue weighted by atomic mass is 35.5. The van der Waals surface area contributed by atoms with Crippen LogP contribution < -0.4 is 14.4 Å². The monoisotopic (exact) mass is 667 g/mol. The van der Waals surface area contributed by atoms with Crippen molar-refractivity contribution in [1.29, 1.82) is 0 Å². The van der Waals surface area contributed by atoms with Crippen molar-refractivity contribution in [2.24, 2.45) is 0 Å². The number of methoxy groups -OCH3 is 1. The van der Waals surface area contributed by atoms with E-state index in [1.54, 1.807) is 43.3 Å². The van der Waals surface area contributed by atoms with Crippen LogP contribution in [-0.2, 0) is 26.2 Å². The molecule has 12 heteroatoms. The van der Waals surface area contributed by atoms with Crippen LogP contribution in [-0.4, -0.2) is 50.4 Å². The minimum absolute atomic E-state index is 0.0264. The second kappa shape index (κ2) is 14.2. The van der Waals surface area contributed by atoms with Gasteiger partial charge in [0.15, 0.2) is 0 Å². The summed E-state index contributed by atoms with van der Waals surface area (Å²) in [5.41, 5.74) is 0.978. The van der Waals surface area contributed by atoms with E-state index in [0.717, 1.165) is 9.87 Å². The Balaban J connectivity index is 2.16. The summed E-state index contributed by atoms with van der Waals surface area (Å²) in [6.07, 6.45) is 0.264. The van der Waals surface area contributed by atoms with Gasteiger partial charge in [-0.15, -0.1) is 0 Å². The SMILES string of the molecule is CC[C@@H](C(=O)NC(C)(C)C)N(Cc1ccc(Cl)c(Cl)c1)C(=O)CN(c1cc(Cl)ccc1OC)S(=O)(=O)c1ccc(C)cc1. The zero-order chi connectivity index (χ0) is 32.1. The zero-order valence-electron chi connectivity index (χ0n) is 24.9. The van der Waals surface area contributed by atoms with Gasteiger partial charge in [-0.2, -0.15) is 0 Å². The Hall–Kier alpha value is -2.98. The average molecular weight is 669 g/mol. The van der Waals surface area contributed by atoms with Gasteiger partial charge >= 0.3 is 0 Å². The molecule has 1 N–H and O–H groups in total. The molecule has 0 unspecified atom stereocenters. The van der Waals surface area contributed by atoms with Crippen LogP contribution >= 0.6 is 34.8 Å². The molecule has 0 spiro atoms. The molecule has 3 aromatic carbocycles. The lowest BCUT2D eigenvalue weighted by Gasteiger charge is -2.35. The predicted molar refractivity (Wildman–Crippen MR) is 173 cm³/mol. The van der Waals surface area contributed by atoms with E-state index in [1.807, 2.05) is 27.7 Å². The molecule has 0 fully saturated rings. The number of carbonyl (C=O) groups excluding carboxylic acids is 2. The molecule has 0 saturated carbocycles. The molecule has 0 bridgehead atoms. The Labute approximate surface area is 268 Å². The number of aryl methyl sites for hydroxylation is 1. The normalized spacial score (nSPS) is 12.4. The Morgan fingerprint density at radius 1 is 0.953 bits per heavy atom. The molecule has 3 rings (SSSR count). The first-order valence-electron chi connectivity index (χ1n) is 13.6. The maximum atomic E-state index is 14.3. The van der Waals surface area contributed by atoms with E-state index in [9.17, 15) is 18.0 Å². The molecule has 8 nitrogen and oxygen atoms in total. The van der Waals surface area contributed by atoms with Crippen LogP contribution in [0.2, 0.25) is 15.1 Å². The van der Waals surface area contributed by atoms with Gasteiger partial charge in [-0.25, -0.2) is 8.42 Å². The number of halogens is 3. The van der Waals surface area contributed by atoms with E-state index in [4.69, 9.17) is 39.5 Å². The summed E-state index contributed by atoms with van der Waals surface area (Å²) in [6, 6.07) is 14.8. The molecule has 3 aromatic rings. The number of sulfonamides is 1. The minimum atomic E-state index is -4.31. The number of ether oxygens (including phenoxy) is 1. The van der Waals surface area contributed by atoms with Crippen LogP contribution in [0.15, 0.2) is 65.6 Å². The van der Waals surface area contributed by atoms with E-state index in [0.29, 0.717) is 10.6 Å². The van der Waals surface area contributed by atoms with Crippen molar-refractivity contribution in [3.8, 4) is 5.75 Å². The topological polar surface area (TPSA) is 96.0 Å². The first kappa shape index (κ1) is 34.5. The van der Waals surface area contributed by atoms with Gasteiger partial charge in [0.2, 0.25) is 11.8 Å². The number of amides is 2. The number of benzene rings is 3. The first-order chi connectivity index (χ1) is 20.1. The molecule has 0 aliphatic rings. The van der Waals surface area contributed by atoms with Crippen LogP contribution in [0, 0.1) is 6.92 Å². The lowest BCUT2D eigenvalue weighted by Crippen LogP contribution is -2.55. The Kier molecular flexibility index (Phi) is 11.4. The number of rotatable bonds is 11. The number of nitrogens with zero attached hydrogens (tertiary/aromatic N) is 2. The summed E-state index contributed by atoms with van der Waals surface area (Å²) >= 11 is 18.7. The lowest BCUT2D eigenvalue weighted by atomic mass is 10.1. The van der Waals surface area contributed by atoms with Crippen LogP contribution in [0.4, 0.5) is 5.69 Å². The number of anilines is 1. The van der Waals surface area contributed by atoms with Crippen molar-refractivity contribution in [3.05, 3.63) is 86.9 Å². The van der Waals surface area contributed by atoms with Gasteiger partial charge in [0.05, 0.1) is 27.7 Å². The standard InChI is InChI=1S/C31H36Cl3N3O5S/c1-7-26(30(39)35-31(3,4)5)36(18-21-10-14-24(33)25(34)16-21)29(38)19-37(27-17-22(32)11-15-28(27)42-6)43(40,41)23-12-8-20(2)9-13-23/h8-17,26H,7,18-19H2,1-6H3,(H,35,39)/t26-/m0/s1. The van der Waals surface area contributed by atoms with Crippen LogP contribution in [0.25, 0.3) is 0 Å². The summed E-state index contributed by atoms with van der Waals surface area (Å²) in [6.45, 7) is 8.46. The third-order valence-electron chi connectivity index (χ3n) is 6.52. The molecule has 1 atom stereocenters. The molecular formula is C31H36Cl3N3O5S. The van der Waals surface area contributed by atoms with E-state index in [2.05, 4.69) is 5.32 Å². The van der Waals surface area contributed by atoms with E-state index in [1.165, 1.54) is 36.3 Å². The molecule has 0 heterocycles. The fourth-order valence-electron chi connectivity index (χ4n) is 4.42. The molecule has 0 aliphatic heterocycles. The maximum Gasteiger partial charge on any atom is 0.264 e. The quantitative estimate of drug-likeness (QED) is 0.240. The fourth-order valence-corrected chi connectivity index (χ4v) is 6.32. The molecule has 0 aromatic heterocycles. The molecule has 2 amide bonds. The van der Waals surface area contributed by atoms with Crippen LogP contribution in [0.3, 0.4) is 0 Å². The summed E-state index contributed by atoms with van der Waals surface area (Å²) in [5, 5.41) is 3.80. The van der Waals surface area contributed by atoms with Gasteiger partial charge in [-0.1, -0.05) is 65.5 Å². The largest absolute Gasteiger partial charge is 0.495 e. The zero-order valence-corrected chi connectivity index (χ0v) is 28.0. The van der Waals surface area contributed by atoms with Crippen molar-refractivity contribution in [1.82, 2.24) is 10.2 Å². The van der Waals surface area contributed by atoms with Crippen molar-refractivity contribution >= 4 is 62.3 Å². The van der Waals surface area contributed by atoms with E-state index >= 15 is 0 Å². The smallest absolute Gasteiger partial charge is 0.264 e. The van der Waals surface area contributed by atoms with Crippen LogP contribution in [0.5, 0.6) is 5.75 Å². The third-order valence-corrected chi connectivity index (χ3v) is 9.27. The Bertz CT molecular complexity index is 1570. The fraction of sp³-hybridized carbons (Fsp3) is 0.355. The predicted octanol–water partition coefficient (Wildman–Crippen LogP) is 6.88. The van der Waals surface area contributed by atoms with Gasteiger partial charge in [0, 0.05) is 17.1 Å². The van der Waals surface area contributed by atoms with Crippen molar-refractivity contribution in [2.45, 2.75) is 64.1 Å². The highest BCUT2D eigenvalue weighted by molar-refractivity contribution is 7.92. The number of hydrogen-bond acceptors (Lipinski definition) is 5. The average Bonchev–Trinajstić information content (AvgIpc) is 2.92. The second-order valence-corrected chi connectivity index (χ2v) is 14.2. The highest BCUT2D eigenvalue weighted by Gasteiger charge is 2.35. The van der Waals surface area contributed by atoms with Gasteiger partial charge in [-0.3, -0.25) is 13.9 Å².